The van der Waals surface area contributed by atoms with Crippen LogP contribution in [0.3, 0.4) is 0 Å². The molecule has 0 aromatic carbocycles. The monoisotopic (exact) mass is 206 g/mol. The highest BCUT2D eigenvalue weighted by Crippen LogP contribution is 2.25. The summed E-state index contributed by atoms with van der Waals surface area (Å²) in [5.74, 6) is 0. The van der Waals surface area contributed by atoms with Crippen LogP contribution in [0.25, 0.3) is 0 Å². The Balaban J connectivity index is 1.93. The lowest BCUT2D eigenvalue weighted by atomic mass is 10.0. The van der Waals surface area contributed by atoms with Crippen LogP contribution in [0.5, 0.6) is 0 Å². The molecule has 0 aromatic rings. The first-order chi connectivity index (χ1) is 5.89. The Morgan fingerprint density at radius 3 is 2.38 bits per heavy atom. The van der Waals surface area contributed by atoms with Crippen molar-refractivity contribution in [2.24, 2.45) is 0 Å². The molecule has 0 unspecified atom stereocenters. The highest BCUT2D eigenvalue weighted by molar-refractivity contribution is 7.87. The Kier molecular flexibility index (Phi) is 1.92. The highest BCUT2D eigenvalue weighted by Gasteiger charge is 2.44. The number of nitrogens with one attached hydrogen (secondary N) is 1. The van der Waals surface area contributed by atoms with Crippen LogP contribution in [0, 0.1) is 0 Å². The quantitative estimate of drug-likeness (QED) is 0.625. The Morgan fingerprint density at radius 2 is 2.00 bits per heavy atom. The lowest BCUT2D eigenvalue weighted by Gasteiger charge is -2.42. The van der Waals surface area contributed by atoms with Gasteiger partial charge in [0.15, 0.2) is 0 Å². The normalized spacial score (nSPS) is 28.5. The van der Waals surface area contributed by atoms with E-state index in [1.165, 1.54) is 4.31 Å². The molecule has 0 aromatic heterocycles. The summed E-state index contributed by atoms with van der Waals surface area (Å²) in [5.41, 5.74) is -0.835. The average Bonchev–Trinajstić information content (AvgIpc) is 2.65. The van der Waals surface area contributed by atoms with Gasteiger partial charge in [-0.2, -0.15) is 17.4 Å². The fourth-order valence-electron chi connectivity index (χ4n) is 1.37. The molecule has 5 nitrogen and oxygen atoms in total. The molecule has 2 aliphatic rings. The van der Waals surface area contributed by atoms with E-state index in [-0.39, 0.29) is 19.1 Å². The molecule has 0 amide bonds. The molecule has 76 valence electrons. The first-order valence-corrected chi connectivity index (χ1v) is 5.83. The van der Waals surface area contributed by atoms with Crippen molar-refractivity contribution in [1.29, 1.82) is 0 Å². The van der Waals surface area contributed by atoms with Crippen LogP contribution in [0.1, 0.15) is 19.8 Å². The second-order valence-electron chi connectivity index (χ2n) is 4.16. The molecular formula is C7H14N2O3S. The largest absolute Gasteiger partial charge is 0.387 e. The van der Waals surface area contributed by atoms with E-state index in [0.717, 1.165) is 12.8 Å². The van der Waals surface area contributed by atoms with Gasteiger partial charge in [-0.05, 0) is 19.8 Å². The van der Waals surface area contributed by atoms with E-state index < -0.39 is 15.8 Å². The van der Waals surface area contributed by atoms with Crippen molar-refractivity contribution in [2.75, 3.05) is 13.1 Å². The minimum atomic E-state index is -3.31. The van der Waals surface area contributed by atoms with Crippen LogP contribution >= 0.6 is 0 Å². The molecule has 0 atom stereocenters. The third kappa shape index (κ3) is 2.01. The van der Waals surface area contributed by atoms with Crippen molar-refractivity contribution >= 4 is 10.2 Å². The van der Waals surface area contributed by atoms with Crippen LogP contribution in [0.15, 0.2) is 0 Å². The lowest BCUT2D eigenvalue weighted by molar-refractivity contribution is -0.0432. The van der Waals surface area contributed by atoms with Gasteiger partial charge in [0.05, 0.1) is 5.60 Å². The SMILES string of the molecule is CC1(O)CN(S(=O)(=O)NC2CC2)C1. The Morgan fingerprint density at radius 1 is 1.46 bits per heavy atom. The summed E-state index contributed by atoms with van der Waals surface area (Å²) in [6, 6.07) is 0.135. The van der Waals surface area contributed by atoms with Crippen molar-refractivity contribution in [3.05, 3.63) is 0 Å². The van der Waals surface area contributed by atoms with Gasteiger partial charge in [-0.1, -0.05) is 0 Å². The number of β-amino-alcohol motifs (C(OH)–C–C–N with tert-alkyl or cyclic N) is 1. The van der Waals surface area contributed by atoms with Gasteiger partial charge >= 0.3 is 0 Å². The number of hydrogen-bond donors (Lipinski definition) is 2. The summed E-state index contributed by atoms with van der Waals surface area (Å²) in [6.45, 7) is 2.04. The van der Waals surface area contributed by atoms with Gasteiger partial charge in [-0.3, -0.25) is 0 Å². The van der Waals surface area contributed by atoms with Crippen molar-refractivity contribution < 1.29 is 13.5 Å². The van der Waals surface area contributed by atoms with Crippen molar-refractivity contribution in [3.63, 3.8) is 0 Å². The van der Waals surface area contributed by atoms with Crippen LogP contribution < -0.4 is 4.72 Å². The Labute approximate surface area is 77.9 Å². The molecule has 2 N–H and O–H groups in total. The molecule has 0 spiro atoms. The van der Waals surface area contributed by atoms with E-state index in [0.29, 0.717) is 0 Å². The average molecular weight is 206 g/mol. The minimum absolute atomic E-state index is 0.135. The van der Waals surface area contributed by atoms with Crippen molar-refractivity contribution in [1.82, 2.24) is 9.03 Å². The van der Waals surface area contributed by atoms with Crippen molar-refractivity contribution in [3.8, 4) is 0 Å². The van der Waals surface area contributed by atoms with Crippen LogP contribution in [0.4, 0.5) is 0 Å². The first kappa shape index (κ1) is 9.39. The van der Waals surface area contributed by atoms with E-state index in [9.17, 15) is 13.5 Å². The third-order valence-electron chi connectivity index (χ3n) is 2.27. The summed E-state index contributed by atoms with van der Waals surface area (Å²) >= 11 is 0. The Hall–Kier alpha value is -0.170. The number of nitrogens with zero attached hydrogens (tertiary/aromatic N) is 1. The molecule has 0 radical (unpaired) electrons. The number of rotatable bonds is 3. The zero-order chi connectivity index (χ0) is 9.69. The van der Waals surface area contributed by atoms with E-state index in [4.69, 9.17) is 0 Å². The van der Waals surface area contributed by atoms with Crippen molar-refractivity contribution in [2.45, 2.75) is 31.4 Å². The molecule has 2 rings (SSSR count). The molecule has 1 heterocycles. The van der Waals surface area contributed by atoms with Gasteiger partial charge in [0.2, 0.25) is 0 Å². The zero-order valence-corrected chi connectivity index (χ0v) is 8.34. The number of aliphatic hydroxyl groups is 1. The van der Waals surface area contributed by atoms with Crippen LogP contribution in [-0.2, 0) is 10.2 Å². The summed E-state index contributed by atoms with van der Waals surface area (Å²) in [4.78, 5) is 0. The van der Waals surface area contributed by atoms with E-state index in [1.54, 1.807) is 6.92 Å². The molecule has 1 aliphatic carbocycles. The smallest absolute Gasteiger partial charge is 0.279 e. The van der Waals surface area contributed by atoms with E-state index in [1.807, 2.05) is 0 Å². The van der Waals surface area contributed by atoms with E-state index in [2.05, 4.69) is 4.72 Å². The van der Waals surface area contributed by atoms with Gasteiger partial charge < -0.3 is 5.11 Å². The molecule has 1 saturated heterocycles. The predicted octanol–water partition coefficient (Wildman–Crippen LogP) is -0.950. The first-order valence-electron chi connectivity index (χ1n) is 4.39. The van der Waals surface area contributed by atoms with Gasteiger partial charge in [-0.25, -0.2) is 0 Å². The van der Waals surface area contributed by atoms with Crippen LogP contribution in [0.2, 0.25) is 0 Å². The topological polar surface area (TPSA) is 69.6 Å². The molecular weight excluding hydrogens is 192 g/mol. The second kappa shape index (κ2) is 2.66. The molecule has 1 aliphatic heterocycles. The maximum absolute atomic E-state index is 11.5. The summed E-state index contributed by atoms with van der Waals surface area (Å²) in [5, 5.41) is 9.36. The summed E-state index contributed by atoms with van der Waals surface area (Å²) < 4.78 is 26.7. The molecule has 2 fully saturated rings. The van der Waals surface area contributed by atoms with Gasteiger partial charge in [-0.15, -0.1) is 0 Å². The summed E-state index contributed by atoms with van der Waals surface area (Å²) in [7, 11) is -3.31. The minimum Gasteiger partial charge on any atom is -0.387 e. The van der Waals surface area contributed by atoms with E-state index >= 15 is 0 Å². The van der Waals surface area contributed by atoms with Gasteiger partial charge in [0.25, 0.3) is 10.2 Å². The fraction of sp³-hybridized carbons (Fsp3) is 1.00. The molecule has 13 heavy (non-hydrogen) atoms. The summed E-state index contributed by atoms with van der Waals surface area (Å²) in [6.07, 6.45) is 1.87. The molecule has 1 saturated carbocycles. The number of hydrogen-bond acceptors (Lipinski definition) is 3. The van der Waals surface area contributed by atoms with Gasteiger partial charge in [0, 0.05) is 19.1 Å². The highest BCUT2D eigenvalue weighted by atomic mass is 32.2. The zero-order valence-electron chi connectivity index (χ0n) is 7.52. The maximum atomic E-state index is 11.5. The standard InChI is InChI=1S/C7H14N2O3S/c1-7(10)4-9(5-7)13(11,12)8-6-2-3-6/h6,8,10H,2-5H2,1H3. The third-order valence-corrected chi connectivity index (χ3v) is 3.84. The molecule has 0 bridgehead atoms. The predicted molar refractivity (Wildman–Crippen MR) is 47.3 cm³/mol. The fourth-order valence-corrected chi connectivity index (χ4v) is 3.07. The second-order valence-corrected chi connectivity index (χ2v) is 5.86. The van der Waals surface area contributed by atoms with Gasteiger partial charge in [0.1, 0.15) is 0 Å². The van der Waals surface area contributed by atoms with Crippen LogP contribution in [-0.4, -0.2) is 42.6 Å². The lowest BCUT2D eigenvalue weighted by Crippen LogP contribution is -2.63. The Bertz CT molecular complexity index is 300. The maximum Gasteiger partial charge on any atom is 0.279 e. The molecule has 6 heteroatoms.